The third-order valence-electron chi connectivity index (χ3n) is 4.59. The number of phenolic OH excluding ortho intramolecular Hbond substituents is 1. The molecule has 6 heteroatoms. The number of Topliss-reactive ketones (excluding diaryl/α,β-unsaturated/α-hetero) is 1. The Morgan fingerprint density at radius 1 is 1.12 bits per heavy atom. The standard InChI is InChI=1S/C20H22O6/c1-11-7-12(5-6-14(11)21)8-13-10-26-15-9-16(23-2)19(24-3)20(25-4)17(15)18(13)22/h5-7,9,13,21H,8,10H2,1-4H3. The summed E-state index contributed by atoms with van der Waals surface area (Å²) in [6.07, 6.45) is 0.511. The summed E-state index contributed by atoms with van der Waals surface area (Å²) >= 11 is 0. The normalized spacial score (nSPS) is 15.8. The summed E-state index contributed by atoms with van der Waals surface area (Å²) in [6, 6.07) is 6.98. The molecule has 6 nitrogen and oxygen atoms in total. The lowest BCUT2D eigenvalue weighted by Crippen LogP contribution is -2.30. The van der Waals surface area contributed by atoms with Crippen molar-refractivity contribution in [2.45, 2.75) is 13.3 Å². The van der Waals surface area contributed by atoms with Crippen LogP contribution < -0.4 is 18.9 Å². The second kappa shape index (κ2) is 7.15. The number of carbonyl (C=O) groups excluding carboxylic acids is 1. The maximum Gasteiger partial charge on any atom is 0.204 e. The molecule has 0 aliphatic carbocycles. The maximum absolute atomic E-state index is 13.1. The van der Waals surface area contributed by atoms with Crippen LogP contribution in [0.3, 0.4) is 0 Å². The van der Waals surface area contributed by atoms with Gasteiger partial charge in [-0.2, -0.15) is 0 Å². The van der Waals surface area contributed by atoms with Crippen LogP contribution in [0.5, 0.6) is 28.7 Å². The van der Waals surface area contributed by atoms with Crippen LogP contribution in [0.1, 0.15) is 21.5 Å². The van der Waals surface area contributed by atoms with Crippen LogP contribution in [0.25, 0.3) is 0 Å². The van der Waals surface area contributed by atoms with Gasteiger partial charge >= 0.3 is 0 Å². The molecule has 0 saturated heterocycles. The van der Waals surface area contributed by atoms with Crippen molar-refractivity contribution in [3.05, 3.63) is 41.0 Å². The van der Waals surface area contributed by atoms with Crippen LogP contribution in [0.2, 0.25) is 0 Å². The minimum atomic E-state index is -0.349. The van der Waals surface area contributed by atoms with E-state index in [-0.39, 0.29) is 24.1 Å². The quantitative estimate of drug-likeness (QED) is 0.885. The zero-order valence-corrected chi connectivity index (χ0v) is 15.3. The van der Waals surface area contributed by atoms with E-state index in [9.17, 15) is 9.90 Å². The number of carbonyl (C=O) groups is 1. The predicted octanol–water partition coefficient (Wildman–Crippen LogP) is 3.16. The number of ketones is 1. The molecule has 2 aromatic rings. The lowest BCUT2D eigenvalue weighted by molar-refractivity contribution is 0.0824. The first-order valence-corrected chi connectivity index (χ1v) is 8.28. The molecule has 1 unspecified atom stereocenters. The Hall–Kier alpha value is -2.89. The molecular formula is C20H22O6. The monoisotopic (exact) mass is 358 g/mol. The fraction of sp³-hybridized carbons (Fsp3) is 0.350. The third-order valence-corrected chi connectivity index (χ3v) is 4.59. The van der Waals surface area contributed by atoms with E-state index in [1.165, 1.54) is 21.3 Å². The van der Waals surface area contributed by atoms with E-state index in [0.29, 0.717) is 35.0 Å². The number of ether oxygens (including phenoxy) is 4. The van der Waals surface area contributed by atoms with Gasteiger partial charge in [-0.3, -0.25) is 4.79 Å². The summed E-state index contributed by atoms with van der Waals surface area (Å²) in [6.45, 7) is 2.10. The molecule has 0 saturated carbocycles. The summed E-state index contributed by atoms with van der Waals surface area (Å²) in [5.74, 6) is 1.40. The summed E-state index contributed by atoms with van der Waals surface area (Å²) < 4.78 is 21.9. The highest BCUT2D eigenvalue weighted by Gasteiger charge is 2.35. The summed E-state index contributed by atoms with van der Waals surface area (Å²) in [5, 5.41) is 9.67. The molecular weight excluding hydrogens is 336 g/mol. The Kier molecular flexibility index (Phi) is 4.93. The van der Waals surface area contributed by atoms with Crippen LogP contribution in [0, 0.1) is 12.8 Å². The van der Waals surface area contributed by atoms with Crippen LogP contribution in [0.4, 0.5) is 0 Å². The zero-order chi connectivity index (χ0) is 18.8. The first kappa shape index (κ1) is 17.9. The van der Waals surface area contributed by atoms with Crippen LogP contribution in [-0.4, -0.2) is 38.8 Å². The molecule has 0 radical (unpaired) electrons. The fourth-order valence-electron chi connectivity index (χ4n) is 3.23. The molecule has 2 aromatic carbocycles. The number of aryl methyl sites for hydroxylation is 1. The highest BCUT2D eigenvalue weighted by atomic mass is 16.5. The molecule has 1 N–H and O–H groups in total. The summed E-state index contributed by atoms with van der Waals surface area (Å²) in [5.41, 5.74) is 2.11. The summed E-state index contributed by atoms with van der Waals surface area (Å²) in [4.78, 5) is 13.1. The van der Waals surface area contributed by atoms with E-state index in [2.05, 4.69) is 0 Å². The molecule has 0 spiro atoms. The number of methoxy groups -OCH3 is 3. The number of fused-ring (bicyclic) bond motifs is 1. The topological polar surface area (TPSA) is 74.2 Å². The fourth-order valence-corrected chi connectivity index (χ4v) is 3.23. The third kappa shape index (κ3) is 3.03. The number of phenols is 1. The molecule has 138 valence electrons. The van der Waals surface area contributed by atoms with Gasteiger partial charge in [0.1, 0.15) is 17.1 Å². The molecule has 0 amide bonds. The number of benzene rings is 2. The zero-order valence-electron chi connectivity index (χ0n) is 15.3. The molecule has 0 fully saturated rings. The lowest BCUT2D eigenvalue weighted by Gasteiger charge is -2.27. The van der Waals surface area contributed by atoms with Gasteiger partial charge in [0.2, 0.25) is 5.75 Å². The van der Waals surface area contributed by atoms with Crippen molar-refractivity contribution in [1.29, 1.82) is 0 Å². The van der Waals surface area contributed by atoms with E-state index in [1.807, 2.05) is 19.1 Å². The van der Waals surface area contributed by atoms with Gasteiger partial charge < -0.3 is 24.1 Å². The average molecular weight is 358 g/mol. The van der Waals surface area contributed by atoms with Crippen LogP contribution >= 0.6 is 0 Å². The van der Waals surface area contributed by atoms with Crippen LogP contribution in [0.15, 0.2) is 24.3 Å². The largest absolute Gasteiger partial charge is 0.508 e. The van der Waals surface area contributed by atoms with Crippen molar-refractivity contribution in [2.75, 3.05) is 27.9 Å². The van der Waals surface area contributed by atoms with Gasteiger partial charge in [-0.1, -0.05) is 12.1 Å². The Labute approximate surface area is 152 Å². The van der Waals surface area contributed by atoms with Crippen molar-refractivity contribution in [3.63, 3.8) is 0 Å². The molecule has 26 heavy (non-hydrogen) atoms. The average Bonchev–Trinajstić information content (AvgIpc) is 2.65. The minimum absolute atomic E-state index is 0.0604. The van der Waals surface area contributed by atoms with E-state index in [1.54, 1.807) is 12.1 Å². The predicted molar refractivity (Wildman–Crippen MR) is 96.0 cm³/mol. The molecule has 1 aliphatic rings. The number of aromatic hydroxyl groups is 1. The second-order valence-corrected chi connectivity index (χ2v) is 6.22. The van der Waals surface area contributed by atoms with Crippen molar-refractivity contribution >= 4 is 5.78 Å². The molecule has 0 aromatic heterocycles. The van der Waals surface area contributed by atoms with E-state index >= 15 is 0 Å². The highest BCUT2D eigenvalue weighted by molar-refractivity contribution is 6.05. The van der Waals surface area contributed by atoms with E-state index in [4.69, 9.17) is 18.9 Å². The minimum Gasteiger partial charge on any atom is -0.508 e. The smallest absolute Gasteiger partial charge is 0.204 e. The van der Waals surface area contributed by atoms with Gasteiger partial charge in [0, 0.05) is 6.07 Å². The first-order valence-electron chi connectivity index (χ1n) is 8.28. The van der Waals surface area contributed by atoms with Gasteiger partial charge in [-0.15, -0.1) is 0 Å². The van der Waals surface area contributed by atoms with Gasteiger partial charge in [-0.25, -0.2) is 0 Å². The molecule has 1 heterocycles. The molecule has 1 aliphatic heterocycles. The maximum atomic E-state index is 13.1. The van der Waals surface area contributed by atoms with Gasteiger partial charge in [0.25, 0.3) is 0 Å². The Morgan fingerprint density at radius 2 is 1.85 bits per heavy atom. The van der Waals surface area contributed by atoms with Crippen molar-refractivity contribution in [3.8, 4) is 28.7 Å². The second-order valence-electron chi connectivity index (χ2n) is 6.22. The number of hydrogen-bond donors (Lipinski definition) is 1. The summed E-state index contributed by atoms with van der Waals surface area (Å²) in [7, 11) is 4.50. The van der Waals surface area contributed by atoms with E-state index in [0.717, 1.165) is 11.1 Å². The van der Waals surface area contributed by atoms with Crippen LogP contribution in [-0.2, 0) is 6.42 Å². The number of hydrogen-bond acceptors (Lipinski definition) is 6. The Morgan fingerprint density at radius 3 is 2.46 bits per heavy atom. The Bertz CT molecular complexity index is 843. The number of rotatable bonds is 5. The van der Waals surface area contributed by atoms with Gasteiger partial charge in [0.05, 0.1) is 33.9 Å². The van der Waals surface area contributed by atoms with Gasteiger partial charge in [0.15, 0.2) is 17.3 Å². The lowest BCUT2D eigenvalue weighted by atomic mass is 9.88. The van der Waals surface area contributed by atoms with Gasteiger partial charge in [-0.05, 0) is 30.5 Å². The van der Waals surface area contributed by atoms with Crippen molar-refractivity contribution in [2.24, 2.45) is 5.92 Å². The molecule has 1 atom stereocenters. The van der Waals surface area contributed by atoms with E-state index < -0.39 is 0 Å². The van der Waals surface area contributed by atoms with Crippen molar-refractivity contribution < 1.29 is 28.8 Å². The SMILES string of the molecule is COc1cc2c(c(OC)c1OC)C(=O)C(Cc1ccc(O)c(C)c1)CO2. The molecule has 0 bridgehead atoms. The first-order chi connectivity index (χ1) is 12.5. The molecule has 3 rings (SSSR count). The van der Waals surface area contributed by atoms with Crippen molar-refractivity contribution in [1.82, 2.24) is 0 Å². The highest BCUT2D eigenvalue weighted by Crippen LogP contribution is 2.47. The Balaban J connectivity index is 1.97.